The number of benzene rings is 1. The zero-order valence-corrected chi connectivity index (χ0v) is 14.9. The van der Waals surface area contributed by atoms with Gasteiger partial charge in [0.2, 0.25) is 5.91 Å². The van der Waals surface area contributed by atoms with Crippen LogP contribution in [0.4, 0.5) is 0 Å². The number of carbonyl (C=O) groups excluding carboxylic acids is 1. The predicted octanol–water partition coefficient (Wildman–Crippen LogP) is 2.53. The van der Waals surface area contributed by atoms with Crippen LogP contribution in [-0.4, -0.2) is 43.4 Å². The fourth-order valence-corrected chi connectivity index (χ4v) is 3.06. The first-order valence-electron chi connectivity index (χ1n) is 8.94. The van der Waals surface area contributed by atoms with Crippen LogP contribution < -0.4 is 10.6 Å². The van der Waals surface area contributed by atoms with Gasteiger partial charge in [-0.05, 0) is 18.4 Å². The van der Waals surface area contributed by atoms with E-state index in [2.05, 4.69) is 15.6 Å². The van der Waals surface area contributed by atoms with Gasteiger partial charge in [0.25, 0.3) is 0 Å². The average molecular weight is 330 g/mol. The smallest absolute Gasteiger partial charge is 0.224 e. The molecule has 5 heteroatoms. The molecule has 2 rings (SSSR count). The highest BCUT2D eigenvalue weighted by atomic mass is 16.2. The Labute approximate surface area is 145 Å². The molecule has 0 spiro atoms. The summed E-state index contributed by atoms with van der Waals surface area (Å²) in [6, 6.07) is 10.6. The first-order chi connectivity index (χ1) is 11.7. The van der Waals surface area contributed by atoms with Crippen LogP contribution in [0.15, 0.2) is 35.3 Å². The van der Waals surface area contributed by atoms with Gasteiger partial charge in [0.15, 0.2) is 5.96 Å². The third-order valence-corrected chi connectivity index (χ3v) is 4.49. The molecule has 5 nitrogen and oxygen atoms in total. The largest absolute Gasteiger partial charge is 0.356 e. The molecule has 0 aromatic heterocycles. The van der Waals surface area contributed by atoms with Crippen LogP contribution >= 0.6 is 0 Å². The van der Waals surface area contributed by atoms with E-state index in [1.54, 1.807) is 11.9 Å². The first-order valence-corrected chi connectivity index (χ1v) is 8.94. The van der Waals surface area contributed by atoms with Gasteiger partial charge in [-0.2, -0.15) is 0 Å². The summed E-state index contributed by atoms with van der Waals surface area (Å²) in [6.45, 7) is 1.25. The van der Waals surface area contributed by atoms with E-state index in [0.29, 0.717) is 25.6 Å². The highest BCUT2D eigenvalue weighted by molar-refractivity contribution is 5.81. The molecular weight excluding hydrogens is 300 g/mol. The molecule has 1 aliphatic rings. The van der Waals surface area contributed by atoms with Crippen molar-refractivity contribution in [3.8, 4) is 0 Å². The molecule has 1 amide bonds. The summed E-state index contributed by atoms with van der Waals surface area (Å²) in [4.78, 5) is 18.3. The number of aliphatic imine (C=N–C) groups is 1. The van der Waals surface area contributed by atoms with Gasteiger partial charge in [0.05, 0.1) is 0 Å². The fraction of sp³-hybridized carbons (Fsp3) is 0.579. The SMILES string of the molecule is CN=C(NCCC(=O)N(C)Cc1ccccc1)NC1CCCCC1. The van der Waals surface area contributed by atoms with Crippen molar-refractivity contribution in [3.05, 3.63) is 35.9 Å². The molecule has 0 saturated heterocycles. The second kappa shape index (κ2) is 9.96. The lowest BCUT2D eigenvalue weighted by atomic mass is 9.96. The molecule has 0 heterocycles. The van der Waals surface area contributed by atoms with Crippen molar-refractivity contribution < 1.29 is 4.79 Å². The number of guanidine groups is 1. The Kier molecular flexibility index (Phi) is 7.59. The maximum Gasteiger partial charge on any atom is 0.224 e. The molecule has 0 radical (unpaired) electrons. The fourth-order valence-electron chi connectivity index (χ4n) is 3.06. The Morgan fingerprint density at radius 2 is 1.92 bits per heavy atom. The molecular formula is C19H30N4O. The number of hydrogen-bond acceptors (Lipinski definition) is 2. The summed E-state index contributed by atoms with van der Waals surface area (Å²) < 4.78 is 0. The Balaban J connectivity index is 1.68. The van der Waals surface area contributed by atoms with Gasteiger partial charge in [-0.3, -0.25) is 9.79 Å². The third kappa shape index (κ3) is 6.22. The summed E-state index contributed by atoms with van der Waals surface area (Å²) in [7, 11) is 3.63. The maximum atomic E-state index is 12.2. The topological polar surface area (TPSA) is 56.7 Å². The Hall–Kier alpha value is -2.04. The van der Waals surface area contributed by atoms with Crippen molar-refractivity contribution in [1.82, 2.24) is 15.5 Å². The molecule has 24 heavy (non-hydrogen) atoms. The second-order valence-electron chi connectivity index (χ2n) is 6.46. The van der Waals surface area contributed by atoms with Crippen molar-refractivity contribution in [2.45, 2.75) is 51.1 Å². The molecule has 0 aliphatic heterocycles. The van der Waals surface area contributed by atoms with Gasteiger partial charge in [-0.1, -0.05) is 49.6 Å². The van der Waals surface area contributed by atoms with E-state index in [9.17, 15) is 4.79 Å². The lowest BCUT2D eigenvalue weighted by Gasteiger charge is -2.25. The van der Waals surface area contributed by atoms with Crippen LogP contribution in [0.25, 0.3) is 0 Å². The molecule has 1 saturated carbocycles. The van der Waals surface area contributed by atoms with Gasteiger partial charge in [0, 0.05) is 39.6 Å². The summed E-state index contributed by atoms with van der Waals surface area (Å²) in [6.07, 6.45) is 6.80. The van der Waals surface area contributed by atoms with Crippen molar-refractivity contribution >= 4 is 11.9 Å². The zero-order valence-electron chi connectivity index (χ0n) is 14.9. The van der Waals surface area contributed by atoms with Gasteiger partial charge in [0.1, 0.15) is 0 Å². The third-order valence-electron chi connectivity index (χ3n) is 4.49. The van der Waals surface area contributed by atoms with Crippen molar-refractivity contribution in [2.75, 3.05) is 20.6 Å². The van der Waals surface area contributed by atoms with E-state index < -0.39 is 0 Å². The highest BCUT2D eigenvalue weighted by Gasteiger charge is 2.15. The van der Waals surface area contributed by atoms with Gasteiger partial charge in [-0.15, -0.1) is 0 Å². The van der Waals surface area contributed by atoms with E-state index in [-0.39, 0.29) is 5.91 Å². The molecule has 1 aromatic carbocycles. The van der Waals surface area contributed by atoms with Gasteiger partial charge >= 0.3 is 0 Å². The average Bonchev–Trinajstić information content (AvgIpc) is 2.62. The van der Waals surface area contributed by atoms with Crippen LogP contribution in [0.5, 0.6) is 0 Å². The van der Waals surface area contributed by atoms with Crippen LogP contribution in [0.2, 0.25) is 0 Å². The van der Waals surface area contributed by atoms with E-state index >= 15 is 0 Å². The van der Waals surface area contributed by atoms with E-state index in [1.807, 2.05) is 37.4 Å². The lowest BCUT2D eigenvalue weighted by Crippen LogP contribution is -2.45. The zero-order chi connectivity index (χ0) is 17.2. The number of rotatable bonds is 6. The molecule has 1 fully saturated rings. The lowest BCUT2D eigenvalue weighted by molar-refractivity contribution is -0.130. The summed E-state index contributed by atoms with van der Waals surface area (Å²) in [5.74, 6) is 0.944. The number of amides is 1. The molecule has 1 aromatic rings. The normalized spacial score (nSPS) is 15.8. The van der Waals surface area contributed by atoms with Gasteiger partial charge in [-0.25, -0.2) is 0 Å². The van der Waals surface area contributed by atoms with Crippen LogP contribution in [0, 0.1) is 0 Å². The monoisotopic (exact) mass is 330 g/mol. The second-order valence-corrected chi connectivity index (χ2v) is 6.46. The van der Waals surface area contributed by atoms with Gasteiger partial charge < -0.3 is 15.5 Å². The first kappa shape index (κ1) is 18.3. The number of hydrogen-bond donors (Lipinski definition) is 2. The highest BCUT2D eigenvalue weighted by Crippen LogP contribution is 2.17. The van der Waals surface area contributed by atoms with Crippen LogP contribution in [0.3, 0.4) is 0 Å². The van der Waals surface area contributed by atoms with E-state index in [4.69, 9.17) is 0 Å². The molecule has 0 bridgehead atoms. The number of nitrogens with zero attached hydrogens (tertiary/aromatic N) is 2. The van der Waals surface area contributed by atoms with Crippen LogP contribution in [-0.2, 0) is 11.3 Å². The number of nitrogens with one attached hydrogen (secondary N) is 2. The minimum Gasteiger partial charge on any atom is -0.356 e. The standard InChI is InChI=1S/C19H30N4O/c1-20-19(22-17-11-7-4-8-12-17)21-14-13-18(24)23(2)15-16-9-5-3-6-10-16/h3,5-6,9-10,17H,4,7-8,11-15H2,1-2H3,(H2,20,21,22). The summed E-state index contributed by atoms with van der Waals surface area (Å²) >= 11 is 0. The van der Waals surface area contributed by atoms with Crippen LogP contribution in [0.1, 0.15) is 44.1 Å². The summed E-state index contributed by atoms with van der Waals surface area (Å²) in [5.41, 5.74) is 1.15. The molecule has 0 unspecified atom stereocenters. The minimum atomic E-state index is 0.138. The molecule has 132 valence electrons. The predicted molar refractivity (Wildman–Crippen MR) is 98.9 cm³/mol. The molecule has 1 aliphatic carbocycles. The van der Waals surface area contributed by atoms with E-state index in [1.165, 1.54) is 32.1 Å². The van der Waals surface area contributed by atoms with Crippen molar-refractivity contribution in [3.63, 3.8) is 0 Å². The van der Waals surface area contributed by atoms with E-state index in [0.717, 1.165) is 11.5 Å². The Morgan fingerprint density at radius 3 is 2.58 bits per heavy atom. The quantitative estimate of drug-likeness (QED) is 0.622. The maximum absolute atomic E-state index is 12.2. The van der Waals surface area contributed by atoms with Crippen molar-refractivity contribution in [1.29, 1.82) is 0 Å². The Morgan fingerprint density at radius 1 is 1.21 bits per heavy atom. The Bertz CT molecular complexity index is 523. The van der Waals surface area contributed by atoms with Crippen molar-refractivity contribution in [2.24, 2.45) is 4.99 Å². The number of carbonyl (C=O) groups is 1. The summed E-state index contributed by atoms with van der Waals surface area (Å²) in [5, 5.41) is 6.72. The molecule has 0 atom stereocenters. The minimum absolute atomic E-state index is 0.138. The molecule has 2 N–H and O–H groups in total.